The van der Waals surface area contributed by atoms with Gasteiger partial charge in [-0.25, -0.2) is 9.97 Å². The summed E-state index contributed by atoms with van der Waals surface area (Å²) in [4.78, 5) is 20.7. The number of H-pyrrole nitrogens is 1. The molecular weight excluding hydrogens is 440 g/mol. The molecule has 0 fully saturated rings. The molecule has 172 valence electrons. The van der Waals surface area contributed by atoms with Crippen molar-refractivity contribution in [2.45, 2.75) is 19.6 Å². The number of nitrogens with zero attached hydrogens (tertiary/aromatic N) is 6. The highest BCUT2D eigenvalue weighted by Crippen LogP contribution is 2.21. The molecule has 0 aliphatic carbocycles. The van der Waals surface area contributed by atoms with Gasteiger partial charge in [-0.3, -0.25) is 14.6 Å². The van der Waals surface area contributed by atoms with E-state index in [1.807, 2.05) is 53.3 Å². The molecule has 9 heteroatoms. The van der Waals surface area contributed by atoms with Crippen LogP contribution in [0.4, 0.5) is 5.82 Å². The summed E-state index contributed by atoms with van der Waals surface area (Å²) in [6.45, 7) is 1.68. The number of fused-ring (bicyclic) bond motifs is 2. The smallest absolute Gasteiger partial charge is 0.250 e. The summed E-state index contributed by atoms with van der Waals surface area (Å²) in [5.74, 6) is 0.719. The maximum Gasteiger partial charge on any atom is 0.250 e. The van der Waals surface area contributed by atoms with E-state index in [-0.39, 0.29) is 5.56 Å². The van der Waals surface area contributed by atoms with Crippen molar-refractivity contribution in [1.29, 1.82) is 0 Å². The number of aromatic amines is 1. The summed E-state index contributed by atoms with van der Waals surface area (Å²) < 4.78 is 3.55. The highest BCUT2D eigenvalue weighted by Gasteiger charge is 2.11. The van der Waals surface area contributed by atoms with Gasteiger partial charge in [-0.05, 0) is 23.3 Å². The van der Waals surface area contributed by atoms with Crippen molar-refractivity contribution in [3.63, 3.8) is 0 Å². The van der Waals surface area contributed by atoms with Crippen LogP contribution >= 0.6 is 0 Å². The van der Waals surface area contributed by atoms with Crippen LogP contribution in [-0.2, 0) is 19.6 Å². The zero-order valence-electron chi connectivity index (χ0n) is 18.8. The Morgan fingerprint density at radius 3 is 2.51 bits per heavy atom. The number of hydrogen-bond acceptors (Lipinski definition) is 6. The minimum absolute atomic E-state index is 0.00851. The second kappa shape index (κ2) is 8.86. The van der Waals surface area contributed by atoms with Gasteiger partial charge in [0.05, 0.1) is 36.2 Å². The first-order valence-corrected chi connectivity index (χ1v) is 11.3. The number of hydrogen-bond donors (Lipinski definition) is 2. The molecule has 0 amide bonds. The Labute approximate surface area is 200 Å². The van der Waals surface area contributed by atoms with Crippen LogP contribution in [0.2, 0.25) is 0 Å². The SMILES string of the molecule is O=c1ccccn1Cc1ccc(Cn2cc3c(NCc4n[nH]c5ccccc45)ncnc3n2)cc1. The lowest BCUT2D eigenvalue weighted by atomic mass is 10.1. The Bertz CT molecular complexity index is 1680. The molecule has 6 rings (SSSR count). The Hall–Kier alpha value is -4.79. The molecule has 0 radical (unpaired) electrons. The van der Waals surface area contributed by atoms with Crippen LogP contribution < -0.4 is 10.9 Å². The molecule has 2 aromatic carbocycles. The minimum Gasteiger partial charge on any atom is -0.364 e. The van der Waals surface area contributed by atoms with E-state index < -0.39 is 0 Å². The summed E-state index contributed by atoms with van der Waals surface area (Å²) in [7, 11) is 0. The monoisotopic (exact) mass is 462 g/mol. The van der Waals surface area contributed by atoms with Gasteiger partial charge in [0.2, 0.25) is 0 Å². The number of rotatable bonds is 7. The van der Waals surface area contributed by atoms with Crippen molar-refractivity contribution in [2.75, 3.05) is 5.32 Å². The van der Waals surface area contributed by atoms with Crippen LogP contribution in [0.25, 0.3) is 21.9 Å². The standard InChI is InChI=1S/C26H22N8O/c35-24-7-3-4-12-33(24)14-18-8-10-19(11-9-18)15-34-16-21-25(28-17-29-26(21)32-34)27-13-23-20-5-1-2-6-22(20)30-31-23/h1-12,16-17H,13-15H2,(H,30,31)(H,27,28,29,32). The van der Waals surface area contributed by atoms with Crippen LogP contribution in [0.5, 0.6) is 0 Å². The molecule has 6 aromatic rings. The van der Waals surface area contributed by atoms with Crippen molar-refractivity contribution in [2.24, 2.45) is 0 Å². The van der Waals surface area contributed by atoms with Gasteiger partial charge in [-0.15, -0.1) is 0 Å². The van der Waals surface area contributed by atoms with Gasteiger partial charge >= 0.3 is 0 Å². The molecule has 0 bridgehead atoms. The quantitative estimate of drug-likeness (QED) is 0.376. The summed E-state index contributed by atoms with van der Waals surface area (Å²) in [5.41, 5.74) is 4.73. The first kappa shape index (κ1) is 20.8. The lowest BCUT2D eigenvalue weighted by Gasteiger charge is -2.07. The predicted molar refractivity (Wildman–Crippen MR) is 134 cm³/mol. The fraction of sp³-hybridized carbons (Fsp3) is 0.115. The summed E-state index contributed by atoms with van der Waals surface area (Å²) in [6, 6.07) is 21.4. The molecule has 35 heavy (non-hydrogen) atoms. The molecule has 0 saturated carbocycles. The molecule has 2 N–H and O–H groups in total. The topological polar surface area (TPSA) is 106 Å². The molecule has 0 unspecified atom stereocenters. The molecule has 0 atom stereocenters. The molecule has 0 aliphatic rings. The number of benzene rings is 2. The Balaban J connectivity index is 1.18. The molecular formula is C26H22N8O. The number of aromatic nitrogens is 7. The average molecular weight is 463 g/mol. The van der Waals surface area contributed by atoms with Crippen molar-refractivity contribution >= 4 is 27.8 Å². The van der Waals surface area contributed by atoms with Crippen molar-refractivity contribution < 1.29 is 0 Å². The second-order valence-corrected chi connectivity index (χ2v) is 8.34. The van der Waals surface area contributed by atoms with E-state index in [0.29, 0.717) is 25.3 Å². The predicted octanol–water partition coefficient (Wildman–Crippen LogP) is 3.57. The van der Waals surface area contributed by atoms with E-state index in [9.17, 15) is 4.79 Å². The van der Waals surface area contributed by atoms with Gasteiger partial charge < -0.3 is 9.88 Å². The van der Waals surface area contributed by atoms with Gasteiger partial charge in [0.15, 0.2) is 5.65 Å². The first-order chi connectivity index (χ1) is 17.2. The Morgan fingerprint density at radius 1 is 0.857 bits per heavy atom. The number of anilines is 1. The van der Waals surface area contributed by atoms with Gasteiger partial charge in [0, 0.05) is 23.8 Å². The van der Waals surface area contributed by atoms with E-state index in [0.717, 1.165) is 38.9 Å². The van der Waals surface area contributed by atoms with Crippen molar-refractivity contribution in [1.82, 2.24) is 34.5 Å². The fourth-order valence-corrected chi connectivity index (χ4v) is 4.15. The van der Waals surface area contributed by atoms with Crippen LogP contribution in [0, 0.1) is 0 Å². The van der Waals surface area contributed by atoms with Gasteiger partial charge in [0.1, 0.15) is 12.1 Å². The number of nitrogens with one attached hydrogen (secondary N) is 2. The maximum atomic E-state index is 11.9. The van der Waals surface area contributed by atoms with Crippen molar-refractivity contribution in [3.05, 3.63) is 113 Å². The van der Waals surface area contributed by atoms with E-state index in [4.69, 9.17) is 0 Å². The second-order valence-electron chi connectivity index (χ2n) is 8.34. The fourth-order valence-electron chi connectivity index (χ4n) is 4.15. The molecule has 0 spiro atoms. The third-order valence-electron chi connectivity index (χ3n) is 5.96. The number of pyridine rings is 1. The van der Waals surface area contributed by atoms with E-state index >= 15 is 0 Å². The van der Waals surface area contributed by atoms with Crippen molar-refractivity contribution in [3.8, 4) is 0 Å². The third-order valence-corrected chi connectivity index (χ3v) is 5.96. The Morgan fingerprint density at radius 2 is 1.66 bits per heavy atom. The highest BCUT2D eigenvalue weighted by atomic mass is 16.1. The van der Waals surface area contributed by atoms with E-state index in [2.05, 4.69) is 42.7 Å². The minimum atomic E-state index is -0.00851. The normalized spacial score (nSPS) is 11.3. The summed E-state index contributed by atoms with van der Waals surface area (Å²) >= 11 is 0. The van der Waals surface area contributed by atoms with E-state index in [1.165, 1.54) is 6.33 Å². The van der Waals surface area contributed by atoms with Crippen LogP contribution in [0.1, 0.15) is 16.8 Å². The zero-order chi connectivity index (χ0) is 23.6. The largest absolute Gasteiger partial charge is 0.364 e. The molecule has 0 aliphatic heterocycles. The lowest BCUT2D eigenvalue weighted by molar-refractivity contribution is 0.692. The molecule has 0 saturated heterocycles. The van der Waals surface area contributed by atoms with Crippen LogP contribution in [0.15, 0.2) is 90.2 Å². The van der Waals surface area contributed by atoms with Crippen LogP contribution in [-0.4, -0.2) is 34.5 Å². The zero-order valence-corrected chi connectivity index (χ0v) is 18.8. The number of para-hydroxylation sites is 1. The molecule has 4 heterocycles. The third kappa shape index (κ3) is 4.26. The summed E-state index contributed by atoms with van der Waals surface area (Å²) in [6.07, 6.45) is 5.27. The van der Waals surface area contributed by atoms with Gasteiger partial charge in [-0.1, -0.05) is 48.5 Å². The average Bonchev–Trinajstić information content (AvgIpc) is 3.49. The highest BCUT2D eigenvalue weighted by molar-refractivity contribution is 5.86. The maximum absolute atomic E-state index is 11.9. The summed E-state index contributed by atoms with van der Waals surface area (Å²) in [5, 5.41) is 17.4. The van der Waals surface area contributed by atoms with E-state index in [1.54, 1.807) is 22.9 Å². The Kier molecular flexibility index (Phi) is 5.27. The molecule has 9 nitrogen and oxygen atoms in total. The van der Waals surface area contributed by atoms with Gasteiger partial charge in [0.25, 0.3) is 5.56 Å². The van der Waals surface area contributed by atoms with Gasteiger partial charge in [-0.2, -0.15) is 10.2 Å². The van der Waals surface area contributed by atoms with Crippen LogP contribution in [0.3, 0.4) is 0 Å². The lowest BCUT2D eigenvalue weighted by Crippen LogP contribution is -2.18. The first-order valence-electron chi connectivity index (χ1n) is 11.3. The molecule has 4 aromatic heterocycles.